The second kappa shape index (κ2) is 6.29. The summed E-state index contributed by atoms with van der Waals surface area (Å²) < 4.78 is 0. The molecule has 1 heterocycles. The lowest BCUT2D eigenvalue weighted by Gasteiger charge is -2.35. The number of aliphatic hydroxyl groups excluding tert-OH is 1. The Morgan fingerprint density at radius 2 is 2.20 bits per heavy atom. The molecule has 4 atom stereocenters. The van der Waals surface area contributed by atoms with Crippen molar-refractivity contribution >= 4 is 21.6 Å². The van der Waals surface area contributed by atoms with E-state index in [2.05, 4.69) is 50.8 Å². The van der Waals surface area contributed by atoms with Gasteiger partial charge in [-0.15, -0.1) is 0 Å². The monoisotopic (exact) mass is 335 g/mol. The number of hydrogen-bond acceptors (Lipinski definition) is 3. The summed E-state index contributed by atoms with van der Waals surface area (Å²) in [7, 11) is 0. The maximum Gasteiger partial charge on any atom is 0.0618 e. The normalized spacial score (nSPS) is 32.5. The smallest absolute Gasteiger partial charge is 0.0618 e. The molecule has 3 nitrogen and oxygen atoms in total. The molecule has 1 aromatic rings. The van der Waals surface area contributed by atoms with Crippen LogP contribution < -0.4 is 10.6 Å². The van der Waals surface area contributed by atoms with Gasteiger partial charge in [-0.25, -0.2) is 0 Å². The number of halogens is 1. The van der Waals surface area contributed by atoms with Crippen molar-refractivity contribution < 1.29 is 5.11 Å². The first-order chi connectivity index (χ1) is 9.78. The summed E-state index contributed by atoms with van der Waals surface area (Å²) >= 11 is 3.78. The third-order valence-electron chi connectivity index (χ3n) is 4.27. The number of fused-ring (bicyclic) bond motifs is 1. The molecule has 1 aliphatic carbocycles. The Labute approximate surface area is 128 Å². The van der Waals surface area contributed by atoms with Gasteiger partial charge in [0.15, 0.2) is 0 Å². The van der Waals surface area contributed by atoms with Gasteiger partial charge < -0.3 is 15.7 Å². The zero-order valence-electron chi connectivity index (χ0n) is 11.3. The van der Waals surface area contributed by atoms with Crippen molar-refractivity contribution in [2.24, 2.45) is 5.92 Å². The Balaban J connectivity index is 1.69. The van der Waals surface area contributed by atoms with Crippen molar-refractivity contribution in [3.05, 3.63) is 42.1 Å². The Bertz CT molecular complexity index is 491. The van der Waals surface area contributed by atoms with Gasteiger partial charge in [0, 0.05) is 29.4 Å². The lowest BCUT2D eigenvalue weighted by atomic mass is 9.85. The molecule has 2 aliphatic rings. The van der Waals surface area contributed by atoms with E-state index in [1.54, 1.807) is 0 Å². The van der Waals surface area contributed by atoms with E-state index in [0.29, 0.717) is 23.4 Å². The van der Waals surface area contributed by atoms with E-state index in [1.165, 1.54) is 5.56 Å². The van der Waals surface area contributed by atoms with Crippen LogP contribution in [0.3, 0.4) is 0 Å². The molecule has 1 aliphatic heterocycles. The van der Waals surface area contributed by atoms with Gasteiger partial charge in [-0.1, -0.05) is 34.1 Å². The number of para-hydroxylation sites is 1. The third-order valence-corrected chi connectivity index (χ3v) is 5.28. The molecule has 0 spiro atoms. The molecule has 1 radical (unpaired) electrons. The molecule has 1 fully saturated rings. The van der Waals surface area contributed by atoms with Gasteiger partial charge in [0.2, 0.25) is 0 Å². The minimum Gasteiger partial charge on any atom is -0.396 e. The fourth-order valence-electron chi connectivity index (χ4n) is 3.07. The largest absolute Gasteiger partial charge is 0.396 e. The quantitative estimate of drug-likeness (QED) is 0.744. The molecule has 0 aromatic heterocycles. The Morgan fingerprint density at radius 3 is 3.00 bits per heavy atom. The van der Waals surface area contributed by atoms with Gasteiger partial charge in [0.05, 0.1) is 6.04 Å². The Morgan fingerprint density at radius 1 is 1.35 bits per heavy atom. The minimum absolute atomic E-state index is 0.142. The molecule has 1 aromatic carbocycles. The van der Waals surface area contributed by atoms with Crippen molar-refractivity contribution in [1.82, 2.24) is 5.32 Å². The summed E-state index contributed by atoms with van der Waals surface area (Å²) in [5.41, 5.74) is 2.40. The highest BCUT2D eigenvalue weighted by atomic mass is 79.9. The molecule has 3 N–H and O–H groups in total. The zero-order valence-corrected chi connectivity index (χ0v) is 12.9. The van der Waals surface area contributed by atoms with E-state index in [1.807, 2.05) is 12.3 Å². The maximum absolute atomic E-state index is 9.28. The highest BCUT2D eigenvalue weighted by Crippen LogP contribution is 2.33. The highest BCUT2D eigenvalue weighted by molar-refractivity contribution is 9.09. The molecule has 20 heavy (non-hydrogen) atoms. The van der Waals surface area contributed by atoms with Crippen LogP contribution in [0.25, 0.3) is 0 Å². The fourth-order valence-corrected chi connectivity index (χ4v) is 4.02. The van der Waals surface area contributed by atoms with Gasteiger partial charge in [0.1, 0.15) is 0 Å². The average Bonchev–Trinajstić information content (AvgIpc) is 2.49. The van der Waals surface area contributed by atoms with Gasteiger partial charge in [-0.2, -0.15) is 0 Å². The molecule has 0 amide bonds. The van der Waals surface area contributed by atoms with Gasteiger partial charge in [-0.05, 0) is 42.9 Å². The van der Waals surface area contributed by atoms with Crippen molar-refractivity contribution in [3.63, 3.8) is 0 Å². The van der Waals surface area contributed by atoms with Gasteiger partial charge >= 0.3 is 0 Å². The zero-order chi connectivity index (χ0) is 13.9. The number of hydrogen-bond donors (Lipinski definition) is 3. The standard InChI is InChI=1S/C16H20BrN2O/c17-13-9-11(10-20)5-6-16(13)19-15-7-8-18-14-4-2-1-3-12(14)15/h1-4,8,11,13,15-16,18-20H,5-6,9-10H2/t11-,13-,15?,16?/m1/s1. The summed E-state index contributed by atoms with van der Waals surface area (Å²) in [6.07, 6.45) is 8.46. The second-order valence-electron chi connectivity index (χ2n) is 5.63. The number of nitrogens with one attached hydrogen (secondary N) is 2. The van der Waals surface area contributed by atoms with Crippen LogP contribution in [0.5, 0.6) is 0 Å². The lowest BCUT2D eigenvalue weighted by molar-refractivity contribution is 0.178. The Hall–Kier alpha value is -0.840. The average molecular weight is 336 g/mol. The molecule has 2 unspecified atom stereocenters. The SMILES string of the molecule is OC[C@@H]1CCC(NC2[C]=CNc3ccccc32)[C@H](Br)C1. The first kappa shape index (κ1) is 14.1. The lowest BCUT2D eigenvalue weighted by Crippen LogP contribution is -2.43. The molecular weight excluding hydrogens is 316 g/mol. The van der Waals surface area contributed by atoms with E-state index in [-0.39, 0.29) is 6.04 Å². The van der Waals surface area contributed by atoms with E-state index in [4.69, 9.17) is 0 Å². The number of benzene rings is 1. The molecule has 1 saturated carbocycles. The minimum atomic E-state index is 0.142. The predicted molar refractivity (Wildman–Crippen MR) is 84.7 cm³/mol. The molecule has 0 saturated heterocycles. The fraction of sp³-hybridized carbons (Fsp3) is 0.500. The number of aliphatic hydroxyl groups is 1. The maximum atomic E-state index is 9.28. The van der Waals surface area contributed by atoms with Crippen molar-refractivity contribution in [2.75, 3.05) is 11.9 Å². The molecule has 0 bridgehead atoms. The van der Waals surface area contributed by atoms with Crippen LogP contribution in [0.15, 0.2) is 30.5 Å². The first-order valence-corrected chi connectivity index (χ1v) is 8.13. The summed E-state index contributed by atoms with van der Waals surface area (Å²) in [5.74, 6) is 0.442. The first-order valence-electron chi connectivity index (χ1n) is 7.22. The van der Waals surface area contributed by atoms with E-state index in [9.17, 15) is 5.11 Å². The summed E-state index contributed by atoms with van der Waals surface area (Å²) in [6.45, 7) is 0.303. The Kier molecular flexibility index (Phi) is 4.44. The number of alkyl halides is 1. The molecule has 107 valence electrons. The van der Waals surface area contributed by atoms with E-state index in [0.717, 1.165) is 24.9 Å². The molecule has 4 heteroatoms. The van der Waals surface area contributed by atoms with Crippen molar-refractivity contribution in [2.45, 2.75) is 36.2 Å². The van der Waals surface area contributed by atoms with E-state index >= 15 is 0 Å². The summed E-state index contributed by atoms with van der Waals surface area (Å²) in [5, 5.41) is 16.2. The van der Waals surface area contributed by atoms with Crippen LogP contribution in [0.2, 0.25) is 0 Å². The third kappa shape index (κ3) is 2.92. The number of anilines is 1. The summed E-state index contributed by atoms with van der Waals surface area (Å²) in [6, 6.07) is 8.91. The topological polar surface area (TPSA) is 44.3 Å². The van der Waals surface area contributed by atoms with E-state index < -0.39 is 0 Å². The van der Waals surface area contributed by atoms with Crippen LogP contribution >= 0.6 is 15.9 Å². The second-order valence-corrected chi connectivity index (χ2v) is 6.80. The predicted octanol–water partition coefficient (Wildman–Crippen LogP) is 2.98. The highest BCUT2D eigenvalue weighted by Gasteiger charge is 2.30. The van der Waals surface area contributed by atoms with Crippen LogP contribution in [-0.2, 0) is 0 Å². The van der Waals surface area contributed by atoms with Gasteiger partial charge in [0.25, 0.3) is 0 Å². The molecule has 3 rings (SSSR count). The van der Waals surface area contributed by atoms with Crippen LogP contribution in [0.4, 0.5) is 5.69 Å². The van der Waals surface area contributed by atoms with Crippen molar-refractivity contribution in [3.8, 4) is 0 Å². The van der Waals surface area contributed by atoms with Crippen molar-refractivity contribution in [1.29, 1.82) is 0 Å². The van der Waals surface area contributed by atoms with Crippen LogP contribution in [0, 0.1) is 12.0 Å². The molecular formula is C16H20BrN2O. The van der Waals surface area contributed by atoms with Gasteiger partial charge in [-0.3, -0.25) is 0 Å². The summed E-state index contributed by atoms with van der Waals surface area (Å²) in [4.78, 5) is 0.414. The van der Waals surface area contributed by atoms with Crippen LogP contribution in [-0.4, -0.2) is 22.6 Å². The number of rotatable bonds is 3. The van der Waals surface area contributed by atoms with Crippen LogP contribution in [0.1, 0.15) is 30.9 Å².